The third-order valence-corrected chi connectivity index (χ3v) is 2.31. The Hall–Kier alpha value is -0.930. The number of nitrogen functional groups attached to an aromatic ring is 1. The molecule has 0 aromatic heterocycles. The van der Waals surface area contributed by atoms with Gasteiger partial charge in [-0.15, -0.1) is 0 Å². The fraction of sp³-hybridized carbons (Fsp3) is 0.222. The van der Waals surface area contributed by atoms with Crippen molar-refractivity contribution in [1.29, 1.82) is 0 Å². The number of benzene rings is 1. The minimum absolute atomic E-state index is 0.237. The summed E-state index contributed by atoms with van der Waals surface area (Å²) in [7, 11) is 0. The standard InChI is InChI=1S/C9H9Cl2NO2/c1-2-14-9(13)5-3-6(10)7(11)4-8(5)12/h3-4H,2,12H2,1H3. The van der Waals surface area contributed by atoms with E-state index < -0.39 is 5.97 Å². The first-order chi connectivity index (χ1) is 6.56. The van der Waals surface area contributed by atoms with E-state index in [2.05, 4.69) is 0 Å². The monoisotopic (exact) mass is 233 g/mol. The molecule has 0 aliphatic carbocycles. The molecule has 14 heavy (non-hydrogen) atoms. The summed E-state index contributed by atoms with van der Waals surface area (Å²) in [6.45, 7) is 2.00. The Labute approximate surface area is 91.7 Å². The lowest BCUT2D eigenvalue weighted by atomic mass is 10.2. The van der Waals surface area contributed by atoms with Gasteiger partial charge in [0.05, 0.1) is 22.2 Å². The molecule has 0 aliphatic heterocycles. The fourth-order valence-electron chi connectivity index (χ4n) is 0.948. The molecular formula is C9H9Cl2NO2. The minimum atomic E-state index is -0.497. The Morgan fingerprint density at radius 2 is 2.00 bits per heavy atom. The van der Waals surface area contributed by atoms with Crippen molar-refractivity contribution in [3.8, 4) is 0 Å². The van der Waals surface area contributed by atoms with E-state index >= 15 is 0 Å². The predicted molar refractivity (Wildman–Crippen MR) is 56.8 cm³/mol. The molecule has 0 spiro atoms. The Balaban J connectivity index is 3.09. The summed E-state index contributed by atoms with van der Waals surface area (Å²) in [6, 6.07) is 2.83. The van der Waals surface area contributed by atoms with E-state index in [1.807, 2.05) is 0 Å². The van der Waals surface area contributed by atoms with Crippen LogP contribution in [-0.2, 0) is 4.74 Å². The maximum Gasteiger partial charge on any atom is 0.340 e. The van der Waals surface area contributed by atoms with Crippen LogP contribution in [0.2, 0.25) is 10.0 Å². The van der Waals surface area contributed by atoms with E-state index in [1.165, 1.54) is 12.1 Å². The molecule has 0 heterocycles. The molecule has 0 bridgehead atoms. The van der Waals surface area contributed by atoms with Crippen LogP contribution in [0.15, 0.2) is 12.1 Å². The van der Waals surface area contributed by atoms with Crippen LogP contribution in [0.3, 0.4) is 0 Å². The van der Waals surface area contributed by atoms with E-state index in [1.54, 1.807) is 6.92 Å². The maximum atomic E-state index is 11.3. The molecule has 1 aromatic rings. The number of hydrogen-bond acceptors (Lipinski definition) is 3. The lowest BCUT2D eigenvalue weighted by Gasteiger charge is -2.06. The molecule has 0 unspecified atom stereocenters. The summed E-state index contributed by atoms with van der Waals surface area (Å²) in [5.41, 5.74) is 6.08. The van der Waals surface area contributed by atoms with E-state index in [9.17, 15) is 4.79 Å². The van der Waals surface area contributed by atoms with Crippen LogP contribution in [-0.4, -0.2) is 12.6 Å². The smallest absolute Gasteiger partial charge is 0.340 e. The predicted octanol–water partition coefficient (Wildman–Crippen LogP) is 2.75. The SMILES string of the molecule is CCOC(=O)c1cc(Cl)c(Cl)cc1N. The Bertz CT molecular complexity index is 366. The van der Waals surface area contributed by atoms with Crippen molar-refractivity contribution < 1.29 is 9.53 Å². The molecule has 1 rings (SSSR count). The van der Waals surface area contributed by atoms with Crippen LogP contribution < -0.4 is 5.73 Å². The highest BCUT2D eigenvalue weighted by Gasteiger charge is 2.13. The van der Waals surface area contributed by atoms with Crippen LogP contribution in [0.1, 0.15) is 17.3 Å². The zero-order valence-corrected chi connectivity index (χ0v) is 9.02. The Kier molecular flexibility index (Phi) is 3.61. The van der Waals surface area contributed by atoms with Crippen molar-refractivity contribution in [2.75, 3.05) is 12.3 Å². The van der Waals surface area contributed by atoms with Gasteiger partial charge in [0.25, 0.3) is 0 Å². The summed E-state index contributed by atoms with van der Waals surface area (Å²) < 4.78 is 4.78. The molecule has 0 amide bonds. The van der Waals surface area contributed by atoms with Crippen molar-refractivity contribution in [2.24, 2.45) is 0 Å². The zero-order chi connectivity index (χ0) is 10.7. The van der Waals surface area contributed by atoms with Crippen LogP contribution in [0.25, 0.3) is 0 Å². The van der Waals surface area contributed by atoms with E-state index in [-0.39, 0.29) is 16.3 Å². The van der Waals surface area contributed by atoms with Gasteiger partial charge in [0.2, 0.25) is 0 Å². The zero-order valence-electron chi connectivity index (χ0n) is 7.51. The number of rotatable bonds is 2. The molecule has 0 saturated heterocycles. The van der Waals surface area contributed by atoms with Crippen LogP contribution in [0.4, 0.5) is 5.69 Å². The highest BCUT2D eigenvalue weighted by atomic mass is 35.5. The number of hydrogen-bond donors (Lipinski definition) is 1. The lowest BCUT2D eigenvalue weighted by molar-refractivity contribution is 0.0527. The number of ether oxygens (including phenoxy) is 1. The quantitative estimate of drug-likeness (QED) is 0.632. The van der Waals surface area contributed by atoms with E-state index in [0.29, 0.717) is 11.6 Å². The molecular weight excluding hydrogens is 225 g/mol. The molecule has 1 aromatic carbocycles. The van der Waals surface area contributed by atoms with Crippen molar-refractivity contribution in [3.05, 3.63) is 27.7 Å². The second kappa shape index (κ2) is 4.53. The highest BCUT2D eigenvalue weighted by molar-refractivity contribution is 6.42. The second-order valence-electron chi connectivity index (χ2n) is 2.57. The number of nitrogens with two attached hydrogens (primary N) is 1. The van der Waals surface area contributed by atoms with Gasteiger partial charge in [-0.25, -0.2) is 4.79 Å². The molecule has 0 atom stereocenters. The van der Waals surface area contributed by atoms with E-state index in [4.69, 9.17) is 33.7 Å². The first-order valence-electron chi connectivity index (χ1n) is 3.98. The topological polar surface area (TPSA) is 52.3 Å². The normalized spacial score (nSPS) is 9.93. The molecule has 76 valence electrons. The van der Waals surface area contributed by atoms with Gasteiger partial charge < -0.3 is 10.5 Å². The Morgan fingerprint density at radius 1 is 1.43 bits per heavy atom. The van der Waals surface area contributed by atoms with Crippen LogP contribution in [0, 0.1) is 0 Å². The number of carbonyl (C=O) groups excluding carboxylic acids is 1. The lowest BCUT2D eigenvalue weighted by Crippen LogP contribution is -2.07. The maximum absolute atomic E-state index is 11.3. The molecule has 0 saturated carbocycles. The first-order valence-corrected chi connectivity index (χ1v) is 4.73. The average Bonchev–Trinajstić information content (AvgIpc) is 2.11. The van der Waals surface area contributed by atoms with E-state index in [0.717, 1.165) is 0 Å². The Morgan fingerprint density at radius 3 is 2.57 bits per heavy atom. The van der Waals surface area contributed by atoms with Gasteiger partial charge in [-0.3, -0.25) is 0 Å². The summed E-state index contributed by atoms with van der Waals surface area (Å²) in [5.74, 6) is -0.497. The summed E-state index contributed by atoms with van der Waals surface area (Å²) in [5, 5.41) is 0.598. The van der Waals surface area contributed by atoms with Crippen molar-refractivity contribution in [2.45, 2.75) is 6.92 Å². The minimum Gasteiger partial charge on any atom is -0.462 e. The summed E-state index contributed by atoms with van der Waals surface area (Å²) >= 11 is 11.4. The molecule has 0 radical (unpaired) electrons. The van der Waals surface area contributed by atoms with Gasteiger partial charge in [-0.2, -0.15) is 0 Å². The van der Waals surface area contributed by atoms with Crippen molar-refractivity contribution in [3.63, 3.8) is 0 Å². The average molecular weight is 234 g/mol. The summed E-state index contributed by atoms with van der Waals surface area (Å²) in [6.07, 6.45) is 0. The van der Waals surface area contributed by atoms with Gasteiger partial charge in [0.15, 0.2) is 0 Å². The van der Waals surface area contributed by atoms with Gasteiger partial charge in [-0.1, -0.05) is 23.2 Å². The van der Waals surface area contributed by atoms with Crippen LogP contribution in [0.5, 0.6) is 0 Å². The molecule has 5 heteroatoms. The largest absolute Gasteiger partial charge is 0.462 e. The number of halogens is 2. The molecule has 2 N–H and O–H groups in total. The number of carbonyl (C=O) groups is 1. The van der Waals surface area contributed by atoms with Crippen molar-refractivity contribution >= 4 is 34.9 Å². The second-order valence-corrected chi connectivity index (χ2v) is 3.39. The number of anilines is 1. The summed E-state index contributed by atoms with van der Waals surface area (Å²) in [4.78, 5) is 11.3. The fourth-order valence-corrected chi connectivity index (χ4v) is 1.28. The van der Waals surface area contributed by atoms with Crippen LogP contribution >= 0.6 is 23.2 Å². The number of esters is 1. The molecule has 0 aliphatic rings. The van der Waals surface area contributed by atoms with Crippen molar-refractivity contribution in [1.82, 2.24) is 0 Å². The first kappa shape index (κ1) is 11.1. The molecule has 3 nitrogen and oxygen atoms in total. The van der Waals surface area contributed by atoms with Gasteiger partial charge in [0.1, 0.15) is 0 Å². The van der Waals surface area contributed by atoms with Gasteiger partial charge >= 0.3 is 5.97 Å². The van der Waals surface area contributed by atoms with Gasteiger partial charge in [-0.05, 0) is 19.1 Å². The third-order valence-electron chi connectivity index (χ3n) is 1.59. The third kappa shape index (κ3) is 2.30. The molecule has 0 fully saturated rings. The van der Waals surface area contributed by atoms with Gasteiger partial charge in [0, 0.05) is 5.69 Å². The highest BCUT2D eigenvalue weighted by Crippen LogP contribution is 2.27.